The molecule has 1 aromatic heterocycles. The minimum Gasteiger partial charge on any atom is -0.488 e. The number of rotatable bonds is 18. The Labute approximate surface area is 348 Å². The first-order valence-corrected chi connectivity index (χ1v) is 19.6. The molecule has 0 saturated carbocycles. The Bertz CT molecular complexity index is 2310. The Morgan fingerprint density at radius 1 is 0.750 bits per heavy atom. The first kappa shape index (κ1) is 44.1. The molecule has 4 aromatic carbocycles. The van der Waals surface area contributed by atoms with Crippen molar-refractivity contribution < 1.29 is 42.6 Å². The van der Waals surface area contributed by atoms with Gasteiger partial charge in [-0.05, 0) is 93.5 Å². The number of aldehydes is 1. The number of nitrogens with one attached hydrogen (secondary N) is 4. The molecule has 0 radical (unpaired) electrons. The monoisotopic (exact) mass is 818 g/mol. The summed E-state index contributed by atoms with van der Waals surface area (Å²) in [4.78, 5) is 76.9. The molecule has 2 atom stereocenters. The van der Waals surface area contributed by atoms with E-state index in [1.807, 2.05) is 60.7 Å². The van der Waals surface area contributed by atoms with Crippen molar-refractivity contribution in [2.45, 2.75) is 84.3 Å². The van der Waals surface area contributed by atoms with Gasteiger partial charge in [0.2, 0.25) is 11.8 Å². The molecule has 314 valence electrons. The highest BCUT2D eigenvalue weighted by Crippen LogP contribution is 2.28. The number of hydrogen-bond donors (Lipinski definition) is 4. The van der Waals surface area contributed by atoms with Crippen LogP contribution >= 0.6 is 0 Å². The molecule has 4 N–H and O–H groups in total. The smallest absolute Gasteiger partial charge is 0.408 e. The van der Waals surface area contributed by atoms with Crippen molar-refractivity contribution in [2.75, 3.05) is 11.9 Å². The van der Waals surface area contributed by atoms with Gasteiger partial charge in [0.15, 0.2) is 11.9 Å². The molecule has 5 aromatic rings. The van der Waals surface area contributed by atoms with E-state index in [9.17, 15) is 28.8 Å². The van der Waals surface area contributed by atoms with Gasteiger partial charge in [-0.1, -0.05) is 72.8 Å². The summed E-state index contributed by atoms with van der Waals surface area (Å²) >= 11 is 0. The van der Waals surface area contributed by atoms with Crippen LogP contribution in [0.2, 0.25) is 0 Å². The molecule has 0 fully saturated rings. The van der Waals surface area contributed by atoms with Crippen molar-refractivity contribution in [1.29, 1.82) is 0 Å². The first-order chi connectivity index (χ1) is 28.8. The topological polar surface area (TPSA) is 191 Å². The van der Waals surface area contributed by atoms with E-state index in [0.29, 0.717) is 41.3 Å². The number of carbonyl (C=O) groups excluding carboxylic acids is 5. The van der Waals surface area contributed by atoms with Gasteiger partial charge in [-0.15, -0.1) is 0 Å². The summed E-state index contributed by atoms with van der Waals surface area (Å²) < 4.78 is 22.0. The quantitative estimate of drug-likeness (QED) is 0.0401. The van der Waals surface area contributed by atoms with Gasteiger partial charge >= 0.3 is 17.8 Å². The number of fused-ring (bicyclic) bond motifs is 1. The maximum atomic E-state index is 13.9. The first-order valence-electron chi connectivity index (χ1n) is 19.6. The second-order valence-electron chi connectivity index (χ2n) is 15.1. The Kier molecular flexibility index (Phi) is 15.6. The van der Waals surface area contributed by atoms with Crippen LogP contribution in [0.4, 0.5) is 15.3 Å². The number of carbonyl (C=O) groups is 5. The highest BCUT2D eigenvalue weighted by atomic mass is 16.6. The molecule has 4 amide bonds. The van der Waals surface area contributed by atoms with E-state index in [2.05, 4.69) is 21.3 Å². The molecule has 0 saturated heterocycles. The van der Waals surface area contributed by atoms with E-state index in [1.165, 1.54) is 6.07 Å². The minimum absolute atomic E-state index is 0.00208. The summed E-state index contributed by atoms with van der Waals surface area (Å²) in [6.45, 7) is 7.41. The van der Waals surface area contributed by atoms with Gasteiger partial charge < -0.3 is 39.9 Å². The van der Waals surface area contributed by atoms with Crippen LogP contribution in [-0.4, -0.2) is 54.5 Å². The fourth-order valence-electron chi connectivity index (χ4n) is 6.18. The SMILES string of the molecule is Cc1cc(=O)oc2c(C=O)c(OCc3ccc(NC(=O)[C@H](CCCCNC(=O)OC(C)(C)C)NC(=O)[C@H](Cc4ccccc4)NC(=O)OCc4ccccc4)cc3)ccc12. The number of ether oxygens (including phenoxy) is 3. The molecule has 0 aliphatic heterocycles. The lowest BCUT2D eigenvalue weighted by Crippen LogP contribution is -2.53. The lowest BCUT2D eigenvalue weighted by molar-refractivity contribution is -0.128. The Balaban J connectivity index is 1.26. The van der Waals surface area contributed by atoms with Crippen molar-refractivity contribution >= 4 is 46.9 Å². The number of benzene rings is 4. The Hall–Kier alpha value is -6.96. The highest BCUT2D eigenvalue weighted by Gasteiger charge is 2.28. The van der Waals surface area contributed by atoms with Gasteiger partial charge in [-0.3, -0.25) is 14.4 Å². The maximum absolute atomic E-state index is 13.9. The third-order valence-electron chi connectivity index (χ3n) is 9.18. The summed E-state index contributed by atoms with van der Waals surface area (Å²) in [6.07, 6.45) is 0.507. The summed E-state index contributed by atoms with van der Waals surface area (Å²) in [5.74, 6) is -0.845. The molecule has 0 aliphatic rings. The van der Waals surface area contributed by atoms with Crippen molar-refractivity contribution in [3.63, 3.8) is 0 Å². The maximum Gasteiger partial charge on any atom is 0.408 e. The Morgan fingerprint density at radius 2 is 1.42 bits per heavy atom. The zero-order chi connectivity index (χ0) is 43.1. The fraction of sp³-hybridized carbons (Fsp3) is 0.304. The molecule has 0 bridgehead atoms. The molecular weight excluding hydrogens is 769 g/mol. The number of alkyl carbamates (subject to hydrolysis) is 2. The van der Waals surface area contributed by atoms with Crippen LogP contribution in [0.15, 0.2) is 112 Å². The third kappa shape index (κ3) is 13.6. The summed E-state index contributed by atoms with van der Waals surface area (Å²) in [7, 11) is 0. The summed E-state index contributed by atoms with van der Waals surface area (Å²) in [5, 5.41) is 11.7. The zero-order valence-electron chi connectivity index (χ0n) is 34.1. The number of anilines is 1. The van der Waals surface area contributed by atoms with Gasteiger partial charge in [0.05, 0.1) is 5.56 Å². The highest BCUT2D eigenvalue weighted by molar-refractivity contribution is 5.99. The molecular formula is C46H50N4O10. The van der Waals surface area contributed by atoms with Crippen LogP contribution in [0.3, 0.4) is 0 Å². The second-order valence-corrected chi connectivity index (χ2v) is 15.1. The lowest BCUT2D eigenvalue weighted by atomic mass is 10.0. The number of unbranched alkanes of at least 4 members (excludes halogenated alkanes) is 1. The van der Waals surface area contributed by atoms with E-state index < -0.39 is 47.3 Å². The van der Waals surface area contributed by atoms with Crippen molar-refractivity contribution in [2.24, 2.45) is 0 Å². The summed E-state index contributed by atoms with van der Waals surface area (Å²) in [6, 6.07) is 27.7. The fourth-order valence-corrected chi connectivity index (χ4v) is 6.18. The van der Waals surface area contributed by atoms with Crippen LogP contribution in [0.25, 0.3) is 11.0 Å². The normalized spacial score (nSPS) is 12.1. The van der Waals surface area contributed by atoms with Gasteiger partial charge in [0.1, 0.15) is 36.6 Å². The molecule has 0 aliphatic carbocycles. The minimum atomic E-state index is -1.08. The van der Waals surface area contributed by atoms with Crippen LogP contribution in [0.1, 0.15) is 72.6 Å². The molecule has 14 heteroatoms. The van der Waals surface area contributed by atoms with Crippen LogP contribution in [0, 0.1) is 6.92 Å². The predicted octanol–water partition coefficient (Wildman–Crippen LogP) is 7.15. The number of aryl methyl sites for hydroxylation is 1. The molecule has 5 rings (SSSR count). The van der Waals surface area contributed by atoms with Crippen LogP contribution in [0.5, 0.6) is 5.75 Å². The van der Waals surface area contributed by atoms with Crippen LogP contribution < -0.4 is 31.6 Å². The molecule has 60 heavy (non-hydrogen) atoms. The zero-order valence-corrected chi connectivity index (χ0v) is 34.1. The third-order valence-corrected chi connectivity index (χ3v) is 9.18. The average molecular weight is 819 g/mol. The largest absolute Gasteiger partial charge is 0.488 e. The predicted molar refractivity (Wildman–Crippen MR) is 226 cm³/mol. The van der Waals surface area contributed by atoms with E-state index in [1.54, 1.807) is 64.1 Å². The number of hydrogen-bond acceptors (Lipinski definition) is 10. The molecule has 14 nitrogen and oxygen atoms in total. The van der Waals surface area contributed by atoms with E-state index in [-0.39, 0.29) is 49.5 Å². The summed E-state index contributed by atoms with van der Waals surface area (Å²) in [5.41, 5.74) is 2.43. The standard InChI is InChI=1S/C46H50N4O10/c1-30-25-40(52)59-41-35(30)22-23-39(36(41)27-51)57-28-33-18-20-34(21-19-33)48-42(53)37(17-11-12-24-47-44(55)60-46(2,3)4)49-43(54)38(26-31-13-7-5-8-14-31)50-45(56)58-29-32-15-9-6-10-16-32/h5-10,13-16,18-23,25,27,37-38H,11-12,17,24,26,28-29H2,1-4H3,(H,47,55)(H,48,53)(H,49,54)(H,50,56)/t37-,38-/m0/s1. The van der Waals surface area contributed by atoms with Gasteiger partial charge in [-0.25, -0.2) is 14.4 Å². The van der Waals surface area contributed by atoms with Crippen molar-refractivity contribution in [3.05, 3.63) is 141 Å². The lowest BCUT2D eigenvalue weighted by Gasteiger charge is -2.23. The molecule has 0 unspecified atom stereocenters. The van der Waals surface area contributed by atoms with Crippen molar-refractivity contribution in [3.8, 4) is 5.75 Å². The number of amides is 4. The molecule has 0 spiro atoms. The van der Waals surface area contributed by atoms with Gasteiger partial charge in [-0.2, -0.15) is 0 Å². The Morgan fingerprint density at radius 3 is 2.08 bits per heavy atom. The van der Waals surface area contributed by atoms with E-state index in [4.69, 9.17) is 18.6 Å². The van der Waals surface area contributed by atoms with Gasteiger partial charge in [0.25, 0.3) is 0 Å². The van der Waals surface area contributed by atoms with Crippen LogP contribution in [-0.2, 0) is 38.7 Å². The van der Waals surface area contributed by atoms with E-state index >= 15 is 0 Å². The molecule has 1 heterocycles. The second kappa shape index (κ2) is 21.2. The average Bonchev–Trinajstić information content (AvgIpc) is 3.21. The van der Waals surface area contributed by atoms with Gasteiger partial charge in [0, 0.05) is 30.1 Å². The van der Waals surface area contributed by atoms with E-state index in [0.717, 1.165) is 11.1 Å². The van der Waals surface area contributed by atoms with Crippen molar-refractivity contribution in [1.82, 2.24) is 16.0 Å².